The number of carbonyl (C=O) groups is 2. The van der Waals surface area contributed by atoms with Crippen molar-refractivity contribution in [1.82, 2.24) is 14.2 Å². The maximum Gasteiger partial charge on any atom is 0.305 e. The van der Waals surface area contributed by atoms with Crippen LogP contribution in [0, 0.1) is 11.8 Å². The molecule has 2 heterocycles. The molecule has 1 atom stereocenters. The molecule has 1 aromatic heterocycles. The zero-order chi connectivity index (χ0) is 30.7. The zero-order valence-corrected chi connectivity index (χ0v) is 26.4. The minimum Gasteiger partial charge on any atom is -0.469 e. The van der Waals surface area contributed by atoms with Crippen LogP contribution in [-0.2, 0) is 42.6 Å². The second-order valence-electron chi connectivity index (χ2n) is 12.2. The molecule has 1 N–H and O–H groups in total. The Labute approximate surface area is 254 Å². The molecule has 10 heteroatoms. The van der Waals surface area contributed by atoms with Gasteiger partial charge in [-0.3, -0.25) is 9.59 Å². The van der Waals surface area contributed by atoms with E-state index in [0.717, 1.165) is 27.7 Å². The van der Waals surface area contributed by atoms with Crippen LogP contribution in [-0.4, -0.2) is 68.7 Å². The number of hydrogen-bond acceptors (Lipinski definition) is 6. The number of fused-ring (bicyclic) bond motifs is 1. The summed E-state index contributed by atoms with van der Waals surface area (Å²) < 4.78 is 42.1. The molecule has 1 amide bonds. The van der Waals surface area contributed by atoms with Crippen molar-refractivity contribution < 1.29 is 27.5 Å². The quantitative estimate of drug-likeness (QED) is 0.354. The SMILES string of the molecule is COC(=O)CCc1ccc(-c2cc3ccc(S(=O)(=O)N[C@H]4CC[C@H](C(=O)N5CCOC[C@@H]5C(C)C)CC4)cc3n2C)cc1. The minimum atomic E-state index is -3.74. The number of aromatic nitrogens is 1. The summed E-state index contributed by atoms with van der Waals surface area (Å²) in [5, 5.41) is 0.952. The molecule has 2 fully saturated rings. The first-order valence-electron chi connectivity index (χ1n) is 15.2. The number of hydrogen-bond donors (Lipinski definition) is 1. The van der Waals surface area contributed by atoms with Gasteiger partial charge >= 0.3 is 5.97 Å². The van der Waals surface area contributed by atoms with Crippen molar-refractivity contribution in [3.63, 3.8) is 0 Å². The molecule has 43 heavy (non-hydrogen) atoms. The number of nitrogens with zero attached hydrogens (tertiary/aromatic N) is 2. The maximum absolute atomic E-state index is 13.4. The smallest absolute Gasteiger partial charge is 0.305 e. The van der Waals surface area contributed by atoms with Crippen LogP contribution < -0.4 is 4.72 Å². The van der Waals surface area contributed by atoms with Gasteiger partial charge < -0.3 is 18.9 Å². The molecule has 5 rings (SSSR count). The molecule has 1 saturated carbocycles. The third kappa shape index (κ3) is 6.97. The van der Waals surface area contributed by atoms with Crippen LogP contribution in [0.15, 0.2) is 53.4 Å². The number of nitrogens with one attached hydrogen (secondary N) is 1. The van der Waals surface area contributed by atoms with Crippen molar-refractivity contribution in [3.8, 4) is 11.3 Å². The van der Waals surface area contributed by atoms with Crippen molar-refractivity contribution in [2.24, 2.45) is 18.9 Å². The van der Waals surface area contributed by atoms with Gasteiger partial charge in [0.05, 0.1) is 31.3 Å². The third-order valence-electron chi connectivity index (χ3n) is 9.04. The summed E-state index contributed by atoms with van der Waals surface area (Å²) in [6.45, 7) is 6.01. The van der Waals surface area contributed by atoms with E-state index in [1.807, 2.05) is 46.8 Å². The number of methoxy groups -OCH3 is 1. The molecular formula is C33H43N3O6S. The van der Waals surface area contributed by atoms with E-state index in [1.54, 1.807) is 12.1 Å². The highest BCUT2D eigenvalue weighted by atomic mass is 32.2. The van der Waals surface area contributed by atoms with E-state index in [9.17, 15) is 18.0 Å². The van der Waals surface area contributed by atoms with Crippen LogP contribution >= 0.6 is 0 Å². The molecule has 0 unspecified atom stereocenters. The predicted molar refractivity (Wildman–Crippen MR) is 166 cm³/mol. The van der Waals surface area contributed by atoms with Crippen molar-refractivity contribution >= 4 is 32.8 Å². The van der Waals surface area contributed by atoms with Crippen molar-refractivity contribution in [2.75, 3.05) is 26.9 Å². The first-order valence-corrected chi connectivity index (χ1v) is 16.7. The first kappa shape index (κ1) is 31.2. The Morgan fingerprint density at radius 2 is 1.77 bits per heavy atom. The first-order chi connectivity index (χ1) is 20.6. The van der Waals surface area contributed by atoms with Crippen LogP contribution in [0.3, 0.4) is 0 Å². The lowest BCUT2D eigenvalue weighted by molar-refractivity contribution is -0.147. The second-order valence-corrected chi connectivity index (χ2v) is 13.9. The van der Waals surface area contributed by atoms with Crippen LogP contribution in [0.2, 0.25) is 0 Å². The summed E-state index contributed by atoms with van der Waals surface area (Å²) in [5.74, 6) is 0.212. The summed E-state index contributed by atoms with van der Waals surface area (Å²) >= 11 is 0. The Kier molecular flexibility index (Phi) is 9.58. The number of benzene rings is 2. The van der Waals surface area contributed by atoms with Gasteiger partial charge in [0.2, 0.25) is 15.9 Å². The summed E-state index contributed by atoms with van der Waals surface area (Å²) in [7, 11) is -0.412. The Morgan fingerprint density at radius 1 is 1.05 bits per heavy atom. The summed E-state index contributed by atoms with van der Waals surface area (Å²) in [6.07, 6.45) is 3.57. The molecule has 3 aromatic rings. The molecule has 2 aromatic carbocycles. The fourth-order valence-corrected chi connectivity index (χ4v) is 7.70. The van der Waals surface area contributed by atoms with Crippen LogP contribution in [0.5, 0.6) is 0 Å². The average molecular weight is 610 g/mol. The summed E-state index contributed by atoms with van der Waals surface area (Å²) in [4.78, 5) is 27.0. The van der Waals surface area contributed by atoms with E-state index in [2.05, 4.69) is 24.6 Å². The summed E-state index contributed by atoms with van der Waals surface area (Å²) in [6, 6.07) is 15.2. The van der Waals surface area contributed by atoms with Crippen LogP contribution in [0.1, 0.15) is 51.5 Å². The normalized spacial score (nSPS) is 21.3. The third-order valence-corrected chi connectivity index (χ3v) is 10.6. The van der Waals surface area contributed by atoms with Gasteiger partial charge in [0.15, 0.2) is 0 Å². The van der Waals surface area contributed by atoms with Gasteiger partial charge in [-0.1, -0.05) is 44.2 Å². The van der Waals surface area contributed by atoms with Gasteiger partial charge in [-0.05, 0) is 67.3 Å². The highest BCUT2D eigenvalue weighted by molar-refractivity contribution is 7.89. The molecule has 1 aliphatic carbocycles. The maximum atomic E-state index is 13.4. The molecule has 9 nitrogen and oxygen atoms in total. The fraction of sp³-hybridized carbons (Fsp3) is 0.515. The Morgan fingerprint density at radius 3 is 2.44 bits per heavy atom. The highest BCUT2D eigenvalue weighted by Crippen LogP contribution is 2.32. The van der Waals surface area contributed by atoms with E-state index >= 15 is 0 Å². The largest absolute Gasteiger partial charge is 0.469 e. The standard InChI is InChI=1S/C33H43N3O6S/c1-22(2)31-21-42-18-17-36(31)33(38)25-10-13-27(14-11-25)34-43(39,40)28-15-12-26-19-29(35(3)30(26)20-28)24-8-5-23(6-9-24)7-16-32(37)41-4/h5-6,8-9,12,15,19-20,22,25,27,31,34H,7,10-11,13-14,16-18,21H2,1-4H3/t25-,27-,31-/m1/s1. The number of amides is 1. The van der Waals surface area contributed by atoms with Crippen molar-refractivity contribution in [1.29, 1.82) is 0 Å². The second kappa shape index (κ2) is 13.2. The number of rotatable bonds is 9. The molecule has 0 bridgehead atoms. The van der Waals surface area contributed by atoms with E-state index in [1.165, 1.54) is 7.11 Å². The minimum absolute atomic E-state index is 0.0693. The zero-order valence-electron chi connectivity index (χ0n) is 25.5. The van der Waals surface area contributed by atoms with E-state index < -0.39 is 10.0 Å². The Bertz CT molecular complexity index is 1560. The van der Waals surface area contributed by atoms with Gasteiger partial charge in [0.1, 0.15) is 0 Å². The molecule has 1 aliphatic heterocycles. The molecule has 2 aliphatic rings. The number of ether oxygens (including phenoxy) is 2. The summed E-state index contributed by atoms with van der Waals surface area (Å²) in [5.41, 5.74) is 3.85. The van der Waals surface area contributed by atoms with Gasteiger partial charge in [0, 0.05) is 48.6 Å². The van der Waals surface area contributed by atoms with Crippen molar-refractivity contribution in [3.05, 3.63) is 54.1 Å². The number of aryl methyl sites for hydroxylation is 2. The number of esters is 1. The molecular weight excluding hydrogens is 566 g/mol. The van der Waals surface area contributed by atoms with Gasteiger partial charge in [-0.25, -0.2) is 13.1 Å². The van der Waals surface area contributed by atoms with Gasteiger partial charge in [-0.2, -0.15) is 0 Å². The van der Waals surface area contributed by atoms with Crippen molar-refractivity contribution in [2.45, 2.75) is 69.4 Å². The highest BCUT2D eigenvalue weighted by Gasteiger charge is 2.36. The molecule has 0 radical (unpaired) electrons. The number of sulfonamides is 1. The average Bonchev–Trinajstić information content (AvgIpc) is 3.35. The van der Waals surface area contributed by atoms with Gasteiger partial charge in [-0.15, -0.1) is 0 Å². The van der Waals surface area contributed by atoms with Gasteiger partial charge in [0.25, 0.3) is 0 Å². The molecule has 232 valence electrons. The van der Waals surface area contributed by atoms with Crippen LogP contribution in [0.4, 0.5) is 0 Å². The predicted octanol–water partition coefficient (Wildman–Crippen LogP) is 4.67. The molecule has 0 spiro atoms. The lowest BCUT2D eigenvalue weighted by Gasteiger charge is -2.41. The van der Waals surface area contributed by atoms with E-state index in [4.69, 9.17) is 9.47 Å². The fourth-order valence-electron chi connectivity index (χ4n) is 6.37. The Balaban J connectivity index is 1.23. The topological polar surface area (TPSA) is 107 Å². The van der Waals surface area contributed by atoms with E-state index in [-0.39, 0.29) is 34.8 Å². The number of morpholine rings is 1. The monoisotopic (exact) mass is 609 g/mol. The van der Waals surface area contributed by atoms with E-state index in [0.29, 0.717) is 64.2 Å². The van der Waals surface area contributed by atoms with Crippen LogP contribution in [0.25, 0.3) is 22.2 Å². The lowest BCUT2D eigenvalue weighted by atomic mass is 9.85. The molecule has 1 saturated heterocycles. The Hall–Kier alpha value is -3.21. The lowest BCUT2D eigenvalue weighted by Crippen LogP contribution is -2.53. The number of carbonyl (C=O) groups excluding carboxylic acids is 2.